The lowest BCUT2D eigenvalue weighted by Crippen LogP contribution is -2.39. The van der Waals surface area contributed by atoms with Gasteiger partial charge in [0.25, 0.3) is 5.91 Å². The second kappa shape index (κ2) is 8.14. The summed E-state index contributed by atoms with van der Waals surface area (Å²) in [7, 11) is 0. The maximum absolute atomic E-state index is 11.6. The van der Waals surface area contributed by atoms with Gasteiger partial charge in [0.05, 0.1) is 13.0 Å². The fourth-order valence-electron chi connectivity index (χ4n) is 1.57. The van der Waals surface area contributed by atoms with Crippen LogP contribution in [0.4, 0.5) is 5.69 Å². The zero-order valence-corrected chi connectivity index (χ0v) is 12.6. The molecule has 3 N–H and O–H groups in total. The van der Waals surface area contributed by atoms with E-state index < -0.39 is 12.1 Å². The second-order valence-electron chi connectivity index (χ2n) is 4.97. The highest BCUT2D eigenvalue weighted by atomic mass is 16.5. The van der Waals surface area contributed by atoms with Gasteiger partial charge in [-0.15, -0.1) is 0 Å². The lowest BCUT2D eigenvalue weighted by Gasteiger charge is -2.15. The molecule has 0 aromatic heterocycles. The quantitative estimate of drug-likeness (QED) is 0.587. The SMILES string of the molecule is CC(C)NC(=O)C(C)OC(=O)CCOc1cccc(N)c1. The number of esters is 1. The molecule has 21 heavy (non-hydrogen) atoms. The first-order chi connectivity index (χ1) is 9.88. The Hall–Kier alpha value is -2.24. The lowest BCUT2D eigenvalue weighted by molar-refractivity contribution is -0.155. The molecular formula is C15H22N2O4. The van der Waals surface area contributed by atoms with E-state index in [-0.39, 0.29) is 25.0 Å². The summed E-state index contributed by atoms with van der Waals surface area (Å²) < 4.78 is 10.4. The molecule has 1 amide bonds. The zero-order chi connectivity index (χ0) is 15.8. The Kier molecular flexibility index (Phi) is 6.52. The molecule has 6 nitrogen and oxygen atoms in total. The molecule has 0 saturated carbocycles. The lowest BCUT2D eigenvalue weighted by atomic mass is 10.3. The van der Waals surface area contributed by atoms with Crippen molar-refractivity contribution in [3.05, 3.63) is 24.3 Å². The third-order valence-corrected chi connectivity index (χ3v) is 2.54. The predicted molar refractivity (Wildman–Crippen MR) is 79.8 cm³/mol. The van der Waals surface area contributed by atoms with Gasteiger partial charge in [-0.3, -0.25) is 9.59 Å². The molecule has 0 heterocycles. The smallest absolute Gasteiger partial charge is 0.310 e. The summed E-state index contributed by atoms with van der Waals surface area (Å²) in [4.78, 5) is 23.2. The van der Waals surface area contributed by atoms with E-state index in [9.17, 15) is 9.59 Å². The molecule has 116 valence electrons. The summed E-state index contributed by atoms with van der Waals surface area (Å²) in [5.74, 6) is -0.200. The van der Waals surface area contributed by atoms with Gasteiger partial charge >= 0.3 is 5.97 Å². The van der Waals surface area contributed by atoms with Crippen molar-refractivity contribution in [3.63, 3.8) is 0 Å². The average molecular weight is 294 g/mol. The average Bonchev–Trinajstić information content (AvgIpc) is 2.37. The molecule has 1 aromatic carbocycles. The Morgan fingerprint density at radius 2 is 2.00 bits per heavy atom. The number of hydrogen-bond donors (Lipinski definition) is 2. The van der Waals surface area contributed by atoms with Crippen LogP contribution in [-0.2, 0) is 14.3 Å². The fourth-order valence-corrected chi connectivity index (χ4v) is 1.57. The highest BCUT2D eigenvalue weighted by Crippen LogP contribution is 2.14. The van der Waals surface area contributed by atoms with Crippen LogP contribution in [0.2, 0.25) is 0 Å². The number of anilines is 1. The number of nitrogen functional groups attached to an aromatic ring is 1. The van der Waals surface area contributed by atoms with Crippen molar-refractivity contribution >= 4 is 17.6 Å². The molecule has 0 aliphatic rings. The minimum absolute atomic E-state index is 0.00512. The number of ether oxygens (including phenoxy) is 2. The van der Waals surface area contributed by atoms with E-state index in [2.05, 4.69) is 5.32 Å². The normalized spacial score (nSPS) is 11.8. The number of amides is 1. The van der Waals surface area contributed by atoms with Crippen LogP contribution in [0.1, 0.15) is 27.2 Å². The largest absolute Gasteiger partial charge is 0.493 e. The van der Waals surface area contributed by atoms with Crippen molar-refractivity contribution in [1.29, 1.82) is 0 Å². The molecular weight excluding hydrogens is 272 g/mol. The van der Waals surface area contributed by atoms with Crippen LogP contribution in [0.25, 0.3) is 0 Å². The standard InChI is InChI=1S/C15H22N2O4/c1-10(2)17-15(19)11(3)21-14(18)7-8-20-13-6-4-5-12(16)9-13/h4-6,9-11H,7-8,16H2,1-3H3,(H,17,19). The van der Waals surface area contributed by atoms with Crippen LogP contribution in [0, 0.1) is 0 Å². The summed E-state index contributed by atoms with van der Waals surface area (Å²) in [6.07, 6.45) is -0.749. The van der Waals surface area contributed by atoms with Crippen LogP contribution in [-0.4, -0.2) is 30.6 Å². The number of hydrogen-bond acceptors (Lipinski definition) is 5. The Labute approximate surface area is 124 Å². The molecule has 1 unspecified atom stereocenters. The Balaban J connectivity index is 2.29. The van der Waals surface area contributed by atoms with Gasteiger partial charge in [-0.25, -0.2) is 0 Å². The number of nitrogens with two attached hydrogens (primary N) is 1. The minimum Gasteiger partial charge on any atom is -0.493 e. The molecule has 1 aromatic rings. The van der Waals surface area contributed by atoms with Gasteiger partial charge in [-0.2, -0.15) is 0 Å². The van der Waals surface area contributed by atoms with Crippen molar-refractivity contribution in [3.8, 4) is 5.75 Å². The molecule has 1 rings (SSSR count). The Morgan fingerprint density at radius 1 is 1.29 bits per heavy atom. The molecule has 0 fully saturated rings. The molecule has 1 atom stereocenters. The topological polar surface area (TPSA) is 90.6 Å². The van der Waals surface area contributed by atoms with E-state index in [1.54, 1.807) is 24.3 Å². The van der Waals surface area contributed by atoms with E-state index in [1.807, 2.05) is 13.8 Å². The van der Waals surface area contributed by atoms with Crippen LogP contribution in [0.3, 0.4) is 0 Å². The molecule has 0 radical (unpaired) electrons. The van der Waals surface area contributed by atoms with Crippen molar-refractivity contribution in [2.45, 2.75) is 39.3 Å². The van der Waals surface area contributed by atoms with E-state index in [0.29, 0.717) is 11.4 Å². The first kappa shape index (κ1) is 16.8. The van der Waals surface area contributed by atoms with Gasteiger partial charge in [0.1, 0.15) is 5.75 Å². The highest BCUT2D eigenvalue weighted by Gasteiger charge is 2.18. The predicted octanol–water partition coefficient (Wildman–Crippen LogP) is 1.49. The maximum atomic E-state index is 11.6. The van der Waals surface area contributed by atoms with E-state index in [4.69, 9.17) is 15.2 Å². The van der Waals surface area contributed by atoms with Gasteiger partial charge in [-0.1, -0.05) is 6.07 Å². The monoisotopic (exact) mass is 294 g/mol. The van der Waals surface area contributed by atoms with Crippen LogP contribution in [0.15, 0.2) is 24.3 Å². The number of carbonyl (C=O) groups excluding carboxylic acids is 2. The maximum Gasteiger partial charge on any atom is 0.310 e. The molecule has 0 aliphatic heterocycles. The van der Waals surface area contributed by atoms with Crippen molar-refractivity contribution in [1.82, 2.24) is 5.32 Å². The summed E-state index contributed by atoms with van der Waals surface area (Å²) in [5, 5.41) is 2.67. The van der Waals surface area contributed by atoms with Crippen molar-refractivity contribution in [2.24, 2.45) is 0 Å². The minimum atomic E-state index is -0.813. The van der Waals surface area contributed by atoms with Crippen molar-refractivity contribution < 1.29 is 19.1 Å². The first-order valence-electron chi connectivity index (χ1n) is 6.86. The Bertz CT molecular complexity index is 488. The number of benzene rings is 1. The van der Waals surface area contributed by atoms with Gasteiger partial charge in [0.2, 0.25) is 0 Å². The van der Waals surface area contributed by atoms with Gasteiger partial charge in [-0.05, 0) is 32.9 Å². The van der Waals surface area contributed by atoms with Gasteiger partial charge in [0.15, 0.2) is 6.10 Å². The molecule has 0 bridgehead atoms. The third kappa shape index (κ3) is 6.65. The highest BCUT2D eigenvalue weighted by molar-refractivity contribution is 5.83. The van der Waals surface area contributed by atoms with Crippen molar-refractivity contribution in [2.75, 3.05) is 12.3 Å². The summed E-state index contributed by atoms with van der Waals surface area (Å²) >= 11 is 0. The number of carbonyl (C=O) groups is 2. The van der Waals surface area contributed by atoms with E-state index in [0.717, 1.165) is 0 Å². The van der Waals surface area contributed by atoms with Gasteiger partial charge < -0.3 is 20.5 Å². The van der Waals surface area contributed by atoms with Crippen LogP contribution >= 0.6 is 0 Å². The van der Waals surface area contributed by atoms with E-state index in [1.165, 1.54) is 6.92 Å². The first-order valence-corrected chi connectivity index (χ1v) is 6.86. The summed E-state index contributed by atoms with van der Waals surface area (Å²) in [6, 6.07) is 6.94. The summed E-state index contributed by atoms with van der Waals surface area (Å²) in [6.45, 7) is 5.38. The third-order valence-electron chi connectivity index (χ3n) is 2.54. The zero-order valence-electron chi connectivity index (χ0n) is 12.6. The molecule has 6 heteroatoms. The van der Waals surface area contributed by atoms with E-state index >= 15 is 0 Å². The Morgan fingerprint density at radius 3 is 2.62 bits per heavy atom. The number of nitrogens with one attached hydrogen (secondary N) is 1. The molecule has 0 spiro atoms. The van der Waals surface area contributed by atoms with Crippen LogP contribution < -0.4 is 15.8 Å². The van der Waals surface area contributed by atoms with Gasteiger partial charge in [0, 0.05) is 17.8 Å². The number of rotatable bonds is 7. The molecule has 0 aliphatic carbocycles. The molecule has 0 saturated heterocycles. The fraction of sp³-hybridized carbons (Fsp3) is 0.467. The second-order valence-corrected chi connectivity index (χ2v) is 4.97. The summed E-state index contributed by atoms with van der Waals surface area (Å²) in [5.41, 5.74) is 6.20. The van der Waals surface area contributed by atoms with Crippen LogP contribution in [0.5, 0.6) is 5.75 Å².